The Kier molecular flexibility index (Phi) is 8.00. The molecule has 10 aromatic rings. The van der Waals surface area contributed by atoms with Gasteiger partial charge in [-0.1, -0.05) is 146 Å². The zero-order valence-corrected chi connectivity index (χ0v) is 30.2. The van der Waals surface area contributed by atoms with Gasteiger partial charge in [-0.05, 0) is 103 Å². The van der Waals surface area contributed by atoms with Crippen LogP contribution in [-0.2, 0) is 0 Å². The molecule has 0 unspecified atom stereocenters. The Morgan fingerprint density at radius 1 is 0.291 bits per heavy atom. The van der Waals surface area contributed by atoms with Gasteiger partial charge in [-0.15, -0.1) is 0 Å². The van der Waals surface area contributed by atoms with E-state index in [9.17, 15) is 0 Å². The Labute approximate surface area is 319 Å². The normalized spacial score (nSPS) is 11.4. The fraction of sp³-hybridized carbons (Fsp3) is 0.0196. The van der Waals surface area contributed by atoms with Crippen LogP contribution in [0.25, 0.3) is 99.9 Å². The first kappa shape index (κ1) is 32.4. The van der Waals surface area contributed by atoms with Crippen LogP contribution in [0.5, 0.6) is 0 Å². The van der Waals surface area contributed by atoms with E-state index in [1.807, 2.05) is 72.9 Å². The molecule has 0 aliphatic carbocycles. The number of rotatable bonds is 6. The highest BCUT2D eigenvalue weighted by Crippen LogP contribution is 2.39. The zero-order chi connectivity index (χ0) is 36.7. The van der Waals surface area contributed by atoms with Crippen molar-refractivity contribution >= 4 is 32.3 Å². The number of nitrogens with zero attached hydrogens (tertiary/aromatic N) is 4. The topological polar surface area (TPSA) is 51.6 Å². The van der Waals surface area contributed by atoms with Gasteiger partial charge in [0.25, 0.3) is 0 Å². The molecular weight excluding hydrogens is 669 g/mol. The minimum atomic E-state index is 0.618. The Morgan fingerprint density at radius 2 is 0.727 bits per heavy atom. The average molecular weight is 703 g/mol. The van der Waals surface area contributed by atoms with E-state index in [2.05, 4.69) is 127 Å². The summed E-state index contributed by atoms with van der Waals surface area (Å²) < 4.78 is 0. The molecule has 0 fully saturated rings. The van der Waals surface area contributed by atoms with Gasteiger partial charge in [-0.2, -0.15) is 0 Å². The molecular formula is C51H34N4. The van der Waals surface area contributed by atoms with Crippen molar-refractivity contribution in [3.63, 3.8) is 0 Å². The van der Waals surface area contributed by atoms with Gasteiger partial charge in [0.2, 0.25) is 0 Å². The van der Waals surface area contributed by atoms with E-state index in [0.717, 1.165) is 55.8 Å². The van der Waals surface area contributed by atoms with Crippen LogP contribution in [0.15, 0.2) is 188 Å². The van der Waals surface area contributed by atoms with E-state index < -0.39 is 0 Å². The van der Waals surface area contributed by atoms with Crippen LogP contribution in [0.4, 0.5) is 0 Å². The molecule has 0 aliphatic rings. The van der Waals surface area contributed by atoms with Gasteiger partial charge in [0.1, 0.15) is 0 Å². The summed E-state index contributed by atoms with van der Waals surface area (Å²) in [4.78, 5) is 19.8. The monoisotopic (exact) mass is 702 g/mol. The Bertz CT molecular complexity index is 2950. The molecule has 0 atom stereocenters. The van der Waals surface area contributed by atoms with Gasteiger partial charge in [-0.25, -0.2) is 15.0 Å². The fourth-order valence-electron chi connectivity index (χ4n) is 7.77. The van der Waals surface area contributed by atoms with E-state index in [1.54, 1.807) is 0 Å². The molecule has 4 heteroatoms. The molecule has 10 rings (SSSR count). The van der Waals surface area contributed by atoms with Crippen LogP contribution in [0, 0.1) is 6.92 Å². The smallest absolute Gasteiger partial charge is 0.164 e. The van der Waals surface area contributed by atoms with Crippen molar-refractivity contribution in [2.24, 2.45) is 0 Å². The van der Waals surface area contributed by atoms with E-state index in [-0.39, 0.29) is 0 Å². The van der Waals surface area contributed by atoms with E-state index in [4.69, 9.17) is 15.0 Å². The first-order chi connectivity index (χ1) is 27.2. The number of fused-ring (bicyclic) bond motifs is 6. The Balaban J connectivity index is 1.22. The third-order valence-corrected chi connectivity index (χ3v) is 10.5. The number of aryl methyl sites for hydroxylation is 1. The minimum Gasteiger partial charge on any atom is -0.261 e. The molecule has 55 heavy (non-hydrogen) atoms. The lowest BCUT2D eigenvalue weighted by molar-refractivity contribution is 1.07. The molecule has 0 radical (unpaired) electrons. The number of hydrogen-bond donors (Lipinski definition) is 0. The molecule has 4 nitrogen and oxygen atoms in total. The van der Waals surface area contributed by atoms with E-state index >= 15 is 0 Å². The van der Waals surface area contributed by atoms with Crippen LogP contribution in [0.3, 0.4) is 0 Å². The largest absolute Gasteiger partial charge is 0.261 e. The minimum absolute atomic E-state index is 0.618. The summed E-state index contributed by atoms with van der Waals surface area (Å²) >= 11 is 0. The van der Waals surface area contributed by atoms with Crippen LogP contribution in [-0.4, -0.2) is 19.9 Å². The van der Waals surface area contributed by atoms with Crippen molar-refractivity contribution in [2.45, 2.75) is 6.92 Å². The van der Waals surface area contributed by atoms with Gasteiger partial charge in [0.05, 0.1) is 0 Å². The van der Waals surface area contributed by atoms with Crippen LogP contribution < -0.4 is 0 Å². The highest BCUT2D eigenvalue weighted by molar-refractivity contribution is 6.25. The van der Waals surface area contributed by atoms with Crippen molar-refractivity contribution < 1.29 is 0 Å². The van der Waals surface area contributed by atoms with Crippen molar-refractivity contribution in [2.75, 3.05) is 0 Å². The summed E-state index contributed by atoms with van der Waals surface area (Å²) in [6.07, 6.45) is 1.84. The second kappa shape index (κ2) is 13.6. The summed E-state index contributed by atoms with van der Waals surface area (Å²) in [7, 11) is 0. The fourth-order valence-corrected chi connectivity index (χ4v) is 7.77. The molecule has 0 spiro atoms. The maximum absolute atomic E-state index is 5.14. The second-order valence-corrected chi connectivity index (χ2v) is 13.9. The van der Waals surface area contributed by atoms with E-state index in [1.165, 1.54) is 32.3 Å². The first-order valence-electron chi connectivity index (χ1n) is 18.5. The Morgan fingerprint density at radius 3 is 1.31 bits per heavy atom. The molecule has 2 aromatic heterocycles. The highest BCUT2D eigenvalue weighted by atomic mass is 15.0. The number of pyridine rings is 1. The predicted molar refractivity (Wildman–Crippen MR) is 227 cm³/mol. The molecule has 0 amide bonds. The molecule has 0 N–H and O–H groups in total. The lowest BCUT2D eigenvalue weighted by atomic mass is 9.90. The van der Waals surface area contributed by atoms with Crippen molar-refractivity contribution in [3.05, 3.63) is 194 Å². The van der Waals surface area contributed by atoms with E-state index in [0.29, 0.717) is 17.5 Å². The average Bonchev–Trinajstić information content (AvgIpc) is 3.27. The SMILES string of the molecule is Cc1ncccc1-c1cccc(-c2cc(-c3ccc4c5ccccc5c5ccccc5c4c3)cc(-c3nc(-c4ccccc4)nc(-c4ccccc4)n3)c2)c1. The maximum atomic E-state index is 5.14. The van der Waals surface area contributed by atoms with Gasteiger partial charge in [0, 0.05) is 34.1 Å². The van der Waals surface area contributed by atoms with Gasteiger partial charge >= 0.3 is 0 Å². The third-order valence-electron chi connectivity index (χ3n) is 10.5. The zero-order valence-electron chi connectivity index (χ0n) is 30.2. The van der Waals surface area contributed by atoms with Crippen molar-refractivity contribution in [3.8, 4) is 67.5 Å². The van der Waals surface area contributed by atoms with Crippen molar-refractivity contribution in [1.29, 1.82) is 0 Å². The Hall–Kier alpha value is -7.30. The quantitative estimate of drug-likeness (QED) is 0.162. The van der Waals surface area contributed by atoms with Gasteiger partial charge < -0.3 is 0 Å². The first-order valence-corrected chi connectivity index (χ1v) is 18.5. The van der Waals surface area contributed by atoms with Gasteiger partial charge in [0.15, 0.2) is 17.5 Å². The second-order valence-electron chi connectivity index (χ2n) is 13.9. The number of benzene rings is 8. The molecule has 0 saturated heterocycles. The molecule has 0 aliphatic heterocycles. The molecule has 0 saturated carbocycles. The number of aromatic nitrogens is 4. The van der Waals surface area contributed by atoms with Crippen LogP contribution in [0.2, 0.25) is 0 Å². The third kappa shape index (κ3) is 6.00. The number of hydrogen-bond acceptors (Lipinski definition) is 4. The summed E-state index contributed by atoms with van der Waals surface area (Å²) in [6.45, 7) is 2.06. The summed E-state index contributed by atoms with van der Waals surface area (Å²) in [6, 6.07) is 64.2. The summed E-state index contributed by atoms with van der Waals surface area (Å²) in [5.41, 5.74) is 10.4. The lowest BCUT2D eigenvalue weighted by Crippen LogP contribution is -2.00. The van der Waals surface area contributed by atoms with Crippen LogP contribution in [0.1, 0.15) is 5.69 Å². The molecule has 258 valence electrons. The summed E-state index contributed by atoms with van der Waals surface area (Å²) in [5, 5.41) is 7.49. The van der Waals surface area contributed by atoms with Crippen molar-refractivity contribution in [1.82, 2.24) is 19.9 Å². The molecule has 0 bridgehead atoms. The lowest BCUT2D eigenvalue weighted by Gasteiger charge is -2.15. The standard InChI is InChI=1S/C51H34N4/c1-33-42(24-13-27-52-33)38-19-12-18-36(28-38)39-29-40(37-25-26-47-45-22-9-8-20-43(45)44-21-10-11-23-46(44)48(47)32-37)31-41(30-39)51-54-49(34-14-4-2-5-15-34)53-50(55-51)35-16-6-3-7-17-35/h2-32H,1H3. The summed E-state index contributed by atoms with van der Waals surface area (Å²) in [5.74, 6) is 1.89. The molecule has 8 aromatic carbocycles. The molecule has 2 heterocycles. The highest BCUT2D eigenvalue weighted by Gasteiger charge is 2.16. The van der Waals surface area contributed by atoms with Crippen LogP contribution >= 0.6 is 0 Å². The predicted octanol–water partition coefficient (Wildman–Crippen LogP) is 13.0. The van der Waals surface area contributed by atoms with Gasteiger partial charge in [-0.3, -0.25) is 4.98 Å². The maximum Gasteiger partial charge on any atom is 0.164 e.